The fourth-order valence-corrected chi connectivity index (χ4v) is 4.71. The molecule has 0 bridgehead atoms. The minimum absolute atomic E-state index is 0.00137. The Labute approximate surface area is 236 Å². The number of carbonyl (C=O) groups excluding carboxylic acids is 2. The quantitative estimate of drug-likeness (QED) is 0.194. The lowest BCUT2D eigenvalue weighted by Gasteiger charge is -2.18. The average Bonchev–Trinajstić information content (AvgIpc) is 3.69. The number of fused-ring (bicyclic) bond motifs is 2. The van der Waals surface area contributed by atoms with Gasteiger partial charge in [0.05, 0.1) is 42.5 Å². The standard InChI is InChI=1S/C28H22F2N8O4/c1-41-28(40)18-4-2-17(3-5-18)15-42-33-26-21-12-19(29)6-8-23(21)38(27(26)39)14-25-32-22-13-20(30)7-9-24(22)37(25)11-10-36-16-31-34-35-36/h2-9,12-13,16H,10-11,14-15H2,1H3. The van der Waals surface area contributed by atoms with E-state index in [9.17, 15) is 18.4 Å². The molecule has 42 heavy (non-hydrogen) atoms. The van der Waals surface area contributed by atoms with E-state index in [-0.39, 0.29) is 24.4 Å². The van der Waals surface area contributed by atoms with Gasteiger partial charge in [-0.3, -0.25) is 9.69 Å². The van der Waals surface area contributed by atoms with Crippen LogP contribution >= 0.6 is 0 Å². The van der Waals surface area contributed by atoms with Crippen molar-refractivity contribution in [1.29, 1.82) is 0 Å². The zero-order valence-electron chi connectivity index (χ0n) is 22.1. The second-order valence-corrected chi connectivity index (χ2v) is 9.34. The summed E-state index contributed by atoms with van der Waals surface area (Å²) < 4.78 is 36.4. The molecule has 0 saturated heterocycles. The highest BCUT2D eigenvalue weighted by Crippen LogP contribution is 2.32. The summed E-state index contributed by atoms with van der Waals surface area (Å²) in [7, 11) is 1.30. The van der Waals surface area contributed by atoms with Gasteiger partial charge in [0.1, 0.15) is 30.4 Å². The van der Waals surface area contributed by atoms with Crippen LogP contribution in [0.3, 0.4) is 0 Å². The minimum Gasteiger partial charge on any atom is -0.465 e. The van der Waals surface area contributed by atoms with Gasteiger partial charge in [0, 0.05) is 18.2 Å². The molecule has 0 spiro atoms. The van der Waals surface area contributed by atoms with Crippen LogP contribution in [0.5, 0.6) is 0 Å². The lowest BCUT2D eigenvalue weighted by molar-refractivity contribution is -0.112. The Bertz CT molecular complexity index is 1820. The molecular formula is C28H22F2N8O4. The number of carbonyl (C=O) groups is 2. The van der Waals surface area contributed by atoms with E-state index in [4.69, 9.17) is 9.57 Å². The van der Waals surface area contributed by atoms with Crippen LogP contribution in [0.1, 0.15) is 27.3 Å². The number of methoxy groups -OCH3 is 1. The molecule has 212 valence electrons. The summed E-state index contributed by atoms with van der Waals surface area (Å²) in [5.74, 6) is -1.49. The van der Waals surface area contributed by atoms with E-state index in [2.05, 4.69) is 25.7 Å². The Kier molecular flexibility index (Phi) is 7.09. The number of halogens is 2. The molecule has 14 heteroatoms. The molecule has 0 fully saturated rings. The van der Waals surface area contributed by atoms with Crippen LogP contribution in [0.25, 0.3) is 11.0 Å². The maximum absolute atomic E-state index is 14.3. The first kappa shape index (κ1) is 26.7. The van der Waals surface area contributed by atoms with E-state index in [0.717, 1.165) is 0 Å². The second kappa shape index (κ2) is 11.2. The van der Waals surface area contributed by atoms with Crippen molar-refractivity contribution in [3.05, 3.63) is 101 Å². The van der Waals surface area contributed by atoms with Gasteiger partial charge >= 0.3 is 5.97 Å². The third-order valence-electron chi connectivity index (χ3n) is 6.75. The molecule has 1 amide bonds. The second-order valence-electron chi connectivity index (χ2n) is 9.34. The van der Waals surface area contributed by atoms with Crippen molar-refractivity contribution < 1.29 is 27.9 Å². The summed E-state index contributed by atoms with van der Waals surface area (Å²) in [6.07, 6.45) is 1.48. The Morgan fingerprint density at radius 1 is 1.00 bits per heavy atom. The zero-order chi connectivity index (χ0) is 29.2. The molecule has 0 atom stereocenters. The number of oxime groups is 1. The summed E-state index contributed by atoms with van der Waals surface area (Å²) in [5.41, 5.74) is 2.78. The highest BCUT2D eigenvalue weighted by atomic mass is 19.1. The highest BCUT2D eigenvalue weighted by Gasteiger charge is 2.36. The first-order valence-electron chi connectivity index (χ1n) is 12.8. The van der Waals surface area contributed by atoms with Gasteiger partial charge in [0.2, 0.25) is 0 Å². The molecule has 1 aliphatic heterocycles. The molecule has 12 nitrogen and oxygen atoms in total. The normalized spacial score (nSPS) is 13.6. The molecule has 5 aromatic rings. The zero-order valence-corrected chi connectivity index (χ0v) is 22.1. The lowest BCUT2D eigenvalue weighted by atomic mass is 10.1. The number of amides is 1. The molecular weight excluding hydrogens is 550 g/mol. The number of esters is 1. The smallest absolute Gasteiger partial charge is 0.337 e. The molecule has 0 saturated carbocycles. The minimum atomic E-state index is -0.543. The van der Waals surface area contributed by atoms with E-state index in [1.807, 2.05) is 4.57 Å². The van der Waals surface area contributed by atoms with Crippen molar-refractivity contribution in [2.45, 2.75) is 26.2 Å². The van der Waals surface area contributed by atoms with Crippen molar-refractivity contribution in [1.82, 2.24) is 29.8 Å². The number of aromatic nitrogens is 6. The van der Waals surface area contributed by atoms with Crippen molar-refractivity contribution in [3.63, 3.8) is 0 Å². The van der Waals surface area contributed by atoms with E-state index in [1.165, 1.54) is 48.7 Å². The number of hydrogen-bond donors (Lipinski definition) is 0. The fourth-order valence-electron chi connectivity index (χ4n) is 4.71. The van der Waals surface area contributed by atoms with E-state index in [0.29, 0.717) is 46.8 Å². The van der Waals surface area contributed by atoms with Gasteiger partial charge in [-0.15, -0.1) is 5.10 Å². The predicted octanol–water partition coefficient (Wildman–Crippen LogP) is 3.26. The molecule has 3 aromatic carbocycles. The monoisotopic (exact) mass is 572 g/mol. The maximum Gasteiger partial charge on any atom is 0.337 e. The van der Waals surface area contributed by atoms with Crippen LogP contribution in [-0.4, -0.2) is 54.5 Å². The van der Waals surface area contributed by atoms with Crippen LogP contribution in [0.4, 0.5) is 14.5 Å². The van der Waals surface area contributed by atoms with Gasteiger partial charge in [-0.25, -0.2) is 23.2 Å². The molecule has 0 N–H and O–H groups in total. The molecule has 0 unspecified atom stereocenters. The SMILES string of the molecule is COC(=O)c1ccc(CON=C2C(=O)N(Cc3nc4cc(F)ccc4n3CCn3cnnn3)c3ccc(F)cc32)cc1. The third kappa shape index (κ3) is 5.16. The molecule has 2 aromatic heterocycles. The number of nitrogens with zero attached hydrogens (tertiary/aromatic N) is 8. The predicted molar refractivity (Wildman–Crippen MR) is 144 cm³/mol. The van der Waals surface area contributed by atoms with E-state index >= 15 is 0 Å². The maximum atomic E-state index is 14.3. The molecule has 3 heterocycles. The average molecular weight is 573 g/mol. The highest BCUT2D eigenvalue weighted by molar-refractivity contribution is 6.54. The Hall–Kier alpha value is -5.53. The lowest BCUT2D eigenvalue weighted by Crippen LogP contribution is -2.31. The van der Waals surface area contributed by atoms with Crippen LogP contribution in [0.2, 0.25) is 0 Å². The molecule has 1 aliphatic rings. The van der Waals surface area contributed by atoms with Crippen molar-refractivity contribution >= 4 is 34.3 Å². The van der Waals surface area contributed by atoms with Crippen LogP contribution in [-0.2, 0) is 40.6 Å². The van der Waals surface area contributed by atoms with E-state index < -0.39 is 23.5 Å². The number of benzene rings is 3. The van der Waals surface area contributed by atoms with Gasteiger partial charge in [-0.05, 0) is 58.5 Å². The largest absolute Gasteiger partial charge is 0.465 e. The number of aryl methyl sites for hydroxylation is 2. The Morgan fingerprint density at radius 3 is 2.55 bits per heavy atom. The number of ether oxygens (including phenoxy) is 1. The van der Waals surface area contributed by atoms with Crippen molar-refractivity contribution in [2.24, 2.45) is 5.16 Å². The topological polar surface area (TPSA) is 130 Å². The molecule has 0 aliphatic carbocycles. The first-order chi connectivity index (χ1) is 20.4. The summed E-state index contributed by atoms with van der Waals surface area (Å²) >= 11 is 0. The van der Waals surface area contributed by atoms with Gasteiger partial charge in [-0.2, -0.15) is 0 Å². The van der Waals surface area contributed by atoms with Crippen LogP contribution in [0, 0.1) is 11.6 Å². The summed E-state index contributed by atoms with van der Waals surface area (Å²) in [5, 5.41) is 15.2. The third-order valence-corrected chi connectivity index (χ3v) is 6.75. The Balaban J connectivity index is 1.27. The van der Waals surface area contributed by atoms with Crippen molar-refractivity contribution in [2.75, 3.05) is 12.0 Å². The summed E-state index contributed by atoms with van der Waals surface area (Å²) in [4.78, 5) is 36.8. The summed E-state index contributed by atoms with van der Waals surface area (Å²) in [6, 6.07) is 14.8. The first-order valence-corrected chi connectivity index (χ1v) is 12.8. The van der Waals surface area contributed by atoms with Crippen molar-refractivity contribution in [3.8, 4) is 0 Å². The number of anilines is 1. The van der Waals surface area contributed by atoms with Gasteiger partial charge in [0.15, 0.2) is 5.71 Å². The Morgan fingerprint density at radius 2 is 1.79 bits per heavy atom. The number of imidazole rings is 1. The molecule has 0 radical (unpaired) electrons. The fraction of sp³-hybridized carbons (Fsp3) is 0.179. The molecule has 6 rings (SSSR count). The number of hydrogen-bond acceptors (Lipinski definition) is 9. The van der Waals surface area contributed by atoms with Crippen LogP contribution < -0.4 is 4.90 Å². The van der Waals surface area contributed by atoms with Gasteiger partial charge < -0.3 is 14.1 Å². The number of rotatable bonds is 9. The summed E-state index contributed by atoms with van der Waals surface area (Å²) in [6.45, 7) is 0.790. The van der Waals surface area contributed by atoms with Crippen LogP contribution in [0.15, 0.2) is 72.1 Å². The van der Waals surface area contributed by atoms with E-state index in [1.54, 1.807) is 35.0 Å². The van der Waals surface area contributed by atoms with Gasteiger partial charge in [-0.1, -0.05) is 17.3 Å². The van der Waals surface area contributed by atoms with Gasteiger partial charge in [0.25, 0.3) is 5.91 Å². The number of tetrazole rings is 1.